The Bertz CT molecular complexity index is 308. The molecule has 0 radical (unpaired) electrons. The topological polar surface area (TPSA) is 70.1 Å². The van der Waals surface area contributed by atoms with Gasteiger partial charge < -0.3 is 10.5 Å². The number of aromatic nitrogens is 2. The third kappa shape index (κ3) is 2.06. The average Bonchev–Trinajstić information content (AvgIpc) is 2.07. The average molecular weight is 169 g/mol. The van der Waals surface area contributed by atoms with Crippen LogP contribution in [0.4, 0.5) is 0 Å². The normalized spacial score (nSPS) is 9.83. The third-order valence-electron chi connectivity index (χ3n) is 1.33. The van der Waals surface area contributed by atoms with Gasteiger partial charge in [0.1, 0.15) is 12.4 Å². The van der Waals surface area contributed by atoms with Gasteiger partial charge in [0.25, 0.3) is 5.56 Å². The second-order valence-electron chi connectivity index (χ2n) is 2.29. The Morgan fingerprint density at radius 2 is 2.50 bits per heavy atom. The molecule has 0 aliphatic carbocycles. The van der Waals surface area contributed by atoms with Gasteiger partial charge >= 0.3 is 0 Å². The summed E-state index contributed by atoms with van der Waals surface area (Å²) in [6.07, 6.45) is 1.48. The molecule has 1 rings (SSSR count). The molecule has 5 heteroatoms. The molecule has 0 saturated heterocycles. The van der Waals surface area contributed by atoms with E-state index >= 15 is 0 Å². The number of hydrogen-bond acceptors (Lipinski definition) is 4. The van der Waals surface area contributed by atoms with Crippen molar-refractivity contribution in [3.8, 4) is 5.75 Å². The third-order valence-corrected chi connectivity index (χ3v) is 1.33. The summed E-state index contributed by atoms with van der Waals surface area (Å²) in [4.78, 5) is 11.0. The van der Waals surface area contributed by atoms with Crippen molar-refractivity contribution in [3.63, 3.8) is 0 Å². The predicted octanol–water partition coefficient (Wildman–Crippen LogP) is -0.882. The summed E-state index contributed by atoms with van der Waals surface area (Å²) in [5, 5.41) is 3.77. The molecular weight excluding hydrogens is 158 g/mol. The van der Waals surface area contributed by atoms with E-state index in [2.05, 4.69) is 5.10 Å². The number of aryl methyl sites for hydroxylation is 1. The minimum atomic E-state index is -0.190. The van der Waals surface area contributed by atoms with E-state index in [0.717, 1.165) is 0 Å². The summed E-state index contributed by atoms with van der Waals surface area (Å²) in [6, 6.07) is 1.38. The monoisotopic (exact) mass is 169 g/mol. The van der Waals surface area contributed by atoms with E-state index in [-0.39, 0.29) is 5.56 Å². The van der Waals surface area contributed by atoms with Gasteiger partial charge in [-0.1, -0.05) is 0 Å². The van der Waals surface area contributed by atoms with E-state index in [1.807, 2.05) is 0 Å². The van der Waals surface area contributed by atoms with Crippen molar-refractivity contribution < 1.29 is 4.74 Å². The summed E-state index contributed by atoms with van der Waals surface area (Å²) in [5.74, 6) is 0.462. The lowest BCUT2D eigenvalue weighted by Crippen LogP contribution is -2.19. The van der Waals surface area contributed by atoms with Crippen LogP contribution in [-0.2, 0) is 7.05 Å². The van der Waals surface area contributed by atoms with Gasteiger partial charge in [-0.3, -0.25) is 4.79 Å². The number of rotatable bonds is 3. The molecule has 0 fully saturated rings. The molecule has 1 aromatic heterocycles. The van der Waals surface area contributed by atoms with E-state index in [1.54, 1.807) is 7.05 Å². The van der Waals surface area contributed by atoms with Crippen LogP contribution in [0.15, 0.2) is 17.1 Å². The van der Waals surface area contributed by atoms with Crippen LogP contribution < -0.4 is 16.0 Å². The lowest BCUT2D eigenvalue weighted by Gasteiger charge is -2.02. The molecule has 2 N–H and O–H groups in total. The highest BCUT2D eigenvalue weighted by Crippen LogP contribution is 2.01. The van der Waals surface area contributed by atoms with Gasteiger partial charge in [-0.15, -0.1) is 0 Å². The van der Waals surface area contributed by atoms with Crippen LogP contribution in [0.1, 0.15) is 0 Å². The minimum Gasteiger partial charge on any atom is -0.490 e. The van der Waals surface area contributed by atoms with Crippen molar-refractivity contribution >= 4 is 0 Å². The molecule has 0 bridgehead atoms. The highest BCUT2D eigenvalue weighted by Gasteiger charge is 1.95. The van der Waals surface area contributed by atoms with Crippen LogP contribution in [0.5, 0.6) is 5.75 Å². The number of hydrogen-bond donors (Lipinski definition) is 1. The van der Waals surface area contributed by atoms with Crippen LogP contribution in [-0.4, -0.2) is 22.9 Å². The summed E-state index contributed by atoms with van der Waals surface area (Å²) in [7, 11) is 1.58. The number of nitrogens with two attached hydrogens (primary N) is 1. The number of ether oxygens (including phenoxy) is 1. The Morgan fingerprint density at radius 1 is 1.75 bits per heavy atom. The highest BCUT2D eigenvalue weighted by molar-refractivity contribution is 5.13. The summed E-state index contributed by atoms with van der Waals surface area (Å²) in [6.45, 7) is 0.823. The lowest BCUT2D eigenvalue weighted by atomic mass is 10.5. The summed E-state index contributed by atoms with van der Waals surface area (Å²) < 4.78 is 6.32. The largest absolute Gasteiger partial charge is 0.490 e. The van der Waals surface area contributed by atoms with Crippen LogP contribution in [0, 0.1) is 0 Å². The molecule has 0 unspecified atom stereocenters. The molecule has 0 aliphatic rings. The first-order valence-electron chi connectivity index (χ1n) is 3.60. The van der Waals surface area contributed by atoms with Crippen LogP contribution >= 0.6 is 0 Å². The molecular formula is C7H11N3O2. The van der Waals surface area contributed by atoms with Crippen molar-refractivity contribution in [2.45, 2.75) is 0 Å². The zero-order valence-electron chi connectivity index (χ0n) is 6.86. The summed E-state index contributed by atoms with van der Waals surface area (Å²) in [5.41, 5.74) is 5.03. The van der Waals surface area contributed by atoms with Crippen LogP contribution in [0.2, 0.25) is 0 Å². The molecule has 66 valence electrons. The number of nitrogens with zero attached hydrogens (tertiary/aromatic N) is 2. The maximum absolute atomic E-state index is 11.0. The van der Waals surface area contributed by atoms with Crippen molar-refractivity contribution in [3.05, 3.63) is 22.6 Å². The van der Waals surface area contributed by atoms with Crippen molar-refractivity contribution in [2.75, 3.05) is 13.2 Å². The predicted molar refractivity (Wildman–Crippen MR) is 44.0 cm³/mol. The highest BCUT2D eigenvalue weighted by atomic mass is 16.5. The molecule has 0 atom stereocenters. The lowest BCUT2D eigenvalue weighted by molar-refractivity contribution is 0.324. The second kappa shape index (κ2) is 3.87. The zero-order chi connectivity index (χ0) is 8.97. The van der Waals surface area contributed by atoms with Crippen molar-refractivity contribution in [1.82, 2.24) is 9.78 Å². The van der Waals surface area contributed by atoms with Gasteiger partial charge in [-0.2, -0.15) is 5.10 Å². The second-order valence-corrected chi connectivity index (χ2v) is 2.29. The van der Waals surface area contributed by atoms with E-state index in [9.17, 15) is 4.79 Å². The molecule has 0 aromatic carbocycles. The van der Waals surface area contributed by atoms with Crippen molar-refractivity contribution in [2.24, 2.45) is 12.8 Å². The fourth-order valence-electron chi connectivity index (χ4n) is 0.709. The fourth-order valence-corrected chi connectivity index (χ4v) is 0.709. The molecule has 5 nitrogen and oxygen atoms in total. The quantitative estimate of drug-likeness (QED) is 0.637. The van der Waals surface area contributed by atoms with E-state index in [0.29, 0.717) is 18.9 Å². The van der Waals surface area contributed by atoms with E-state index in [4.69, 9.17) is 10.5 Å². The van der Waals surface area contributed by atoms with Gasteiger partial charge in [0.15, 0.2) is 0 Å². The van der Waals surface area contributed by atoms with E-state index < -0.39 is 0 Å². The van der Waals surface area contributed by atoms with Crippen molar-refractivity contribution in [1.29, 1.82) is 0 Å². The SMILES string of the molecule is Cn1ncc(OCCN)cc1=O. The Kier molecular flexibility index (Phi) is 2.82. The van der Waals surface area contributed by atoms with Gasteiger partial charge in [-0.05, 0) is 0 Å². The fraction of sp³-hybridized carbons (Fsp3) is 0.429. The first-order chi connectivity index (χ1) is 5.74. The first-order valence-corrected chi connectivity index (χ1v) is 3.60. The van der Waals surface area contributed by atoms with Crippen LogP contribution in [0.25, 0.3) is 0 Å². The molecule has 0 saturated carbocycles. The Labute approximate surface area is 69.8 Å². The first kappa shape index (κ1) is 8.73. The molecule has 0 spiro atoms. The summed E-state index contributed by atoms with van der Waals surface area (Å²) >= 11 is 0. The van der Waals surface area contributed by atoms with Gasteiger partial charge in [0, 0.05) is 19.7 Å². The Morgan fingerprint density at radius 3 is 3.08 bits per heavy atom. The smallest absolute Gasteiger partial charge is 0.270 e. The maximum atomic E-state index is 11.0. The Hall–Kier alpha value is -1.36. The van der Waals surface area contributed by atoms with E-state index in [1.165, 1.54) is 16.9 Å². The standard InChI is InChI=1S/C7H11N3O2/c1-10-7(11)4-6(5-9-10)12-3-2-8/h4-5H,2-3,8H2,1H3. The van der Waals surface area contributed by atoms with Gasteiger partial charge in [-0.25, -0.2) is 4.68 Å². The maximum Gasteiger partial charge on any atom is 0.270 e. The van der Waals surface area contributed by atoms with Gasteiger partial charge in [0.2, 0.25) is 0 Å². The molecule has 1 aromatic rings. The van der Waals surface area contributed by atoms with Gasteiger partial charge in [0.05, 0.1) is 6.20 Å². The molecule has 1 heterocycles. The van der Waals surface area contributed by atoms with Crippen LogP contribution in [0.3, 0.4) is 0 Å². The molecule has 0 aliphatic heterocycles. The Balaban J connectivity index is 2.76. The molecule has 0 amide bonds. The minimum absolute atomic E-state index is 0.190. The zero-order valence-corrected chi connectivity index (χ0v) is 6.86. The molecule has 12 heavy (non-hydrogen) atoms.